The predicted molar refractivity (Wildman–Crippen MR) is 105 cm³/mol. The number of carbonyl (C=O) groups excluding carboxylic acids is 1. The van der Waals surface area contributed by atoms with E-state index in [1.165, 1.54) is 21.3 Å². The minimum atomic E-state index is -0.386. The van der Waals surface area contributed by atoms with E-state index in [0.717, 1.165) is 5.56 Å². The topological polar surface area (TPSA) is 78.1 Å². The molecule has 0 bridgehead atoms. The van der Waals surface area contributed by atoms with Crippen molar-refractivity contribution in [3.8, 4) is 23.0 Å². The van der Waals surface area contributed by atoms with Crippen LogP contribution in [0.5, 0.6) is 23.0 Å². The maximum atomic E-state index is 12.1. The first-order chi connectivity index (χ1) is 13.0. The van der Waals surface area contributed by atoms with E-state index in [0.29, 0.717) is 40.3 Å². The molecule has 7 nitrogen and oxygen atoms in total. The third-order valence-electron chi connectivity index (χ3n) is 3.65. The monoisotopic (exact) mass is 394 g/mol. The average molecular weight is 395 g/mol. The summed E-state index contributed by atoms with van der Waals surface area (Å²) in [6.45, 7) is 2.54. The Morgan fingerprint density at radius 2 is 1.67 bits per heavy atom. The fraction of sp³-hybridized carbons (Fsp3) is 0.316. The number of rotatable bonds is 8. The van der Waals surface area contributed by atoms with Crippen molar-refractivity contribution in [3.63, 3.8) is 0 Å². The van der Waals surface area contributed by atoms with Gasteiger partial charge < -0.3 is 29.6 Å². The van der Waals surface area contributed by atoms with Gasteiger partial charge in [0.25, 0.3) is 0 Å². The van der Waals surface area contributed by atoms with Gasteiger partial charge >= 0.3 is 6.03 Å². The highest BCUT2D eigenvalue weighted by Gasteiger charge is 2.14. The standard InChI is InChI=1S/C19H23ClN2O5/c1-12-5-6-14(20)15(9-12)27-8-7-21-19(23)22-13-10-16(24-2)18(26-4)17(11-13)25-3/h5-6,9-11H,7-8H2,1-4H3,(H2,21,22,23). The van der Waals surface area contributed by atoms with E-state index in [2.05, 4.69) is 10.6 Å². The van der Waals surface area contributed by atoms with Crippen molar-refractivity contribution in [2.24, 2.45) is 0 Å². The fourth-order valence-electron chi connectivity index (χ4n) is 2.38. The molecular weight excluding hydrogens is 372 g/mol. The number of anilines is 1. The molecule has 0 aliphatic heterocycles. The van der Waals surface area contributed by atoms with Crippen LogP contribution in [0.15, 0.2) is 30.3 Å². The molecule has 0 aliphatic rings. The smallest absolute Gasteiger partial charge is 0.319 e. The Balaban J connectivity index is 1.89. The van der Waals surface area contributed by atoms with Gasteiger partial charge in [0, 0.05) is 12.1 Å². The zero-order valence-corrected chi connectivity index (χ0v) is 16.5. The number of benzene rings is 2. The maximum absolute atomic E-state index is 12.1. The number of urea groups is 1. The molecule has 0 aliphatic carbocycles. The van der Waals surface area contributed by atoms with Crippen molar-refractivity contribution in [2.75, 3.05) is 39.8 Å². The van der Waals surface area contributed by atoms with Crippen molar-refractivity contribution in [1.82, 2.24) is 5.32 Å². The first kappa shape index (κ1) is 20.5. The molecule has 146 valence electrons. The fourth-order valence-corrected chi connectivity index (χ4v) is 2.55. The van der Waals surface area contributed by atoms with Crippen LogP contribution >= 0.6 is 11.6 Å². The number of amides is 2. The highest BCUT2D eigenvalue weighted by atomic mass is 35.5. The number of aryl methyl sites for hydroxylation is 1. The Morgan fingerprint density at radius 3 is 2.26 bits per heavy atom. The van der Waals surface area contributed by atoms with Crippen LogP contribution in [0.2, 0.25) is 5.02 Å². The molecule has 0 fully saturated rings. The number of hydrogen-bond donors (Lipinski definition) is 2. The molecule has 0 heterocycles. The van der Waals surface area contributed by atoms with Gasteiger partial charge in [0.15, 0.2) is 11.5 Å². The number of nitrogens with one attached hydrogen (secondary N) is 2. The van der Waals surface area contributed by atoms with Gasteiger partial charge in [-0.25, -0.2) is 4.79 Å². The Morgan fingerprint density at radius 1 is 1.00 bits per heavy atom. The highest BCUT2D eigenvalue weighted by molar-refractivity contribution is 6.32. The lowest BCUT2D eigenvalue weighted by Gasteiger charge is -2.15. The van der Waals surface area contributed by atoms with Crippen LogP contribution < -0.4 is 29.6 Å². The van der Waals surface area contributed by atoms with E-state index in [9.17, 15) is 4.79 Å². The van der Waals surface area contributed by atoms with Gasteiger partial charge in [0.1, 0.15) is 12.4 Å². The summed E-state index contributed by atoms with van der Waals surface area (Å²) in [4.78, 5) is 12.1. The summed E-state index contributed by atoms with van der Waals surface area (Å²) in [5, 5.41) is 5.95. The SMILES string of the molecule is COc1cc(NC(=O)NCCOc2cc(C)ccc2Cl)cc(OC)c1OC. The van der Waals surface area contributed by atoms with Crippen molar-refractivity contribution in [1.29, 1.82) is 0 Å². The summed E-state index contributed by atoms with van der Waals surface area (Å²) in [7, 11) is 4.53. The average Bonchev–Trinajstić information content (AvgIpc) is 2.66. The second kappa shape index (κ2) is 9.78. The van der Waals surface area contributed by atoms with Crippen molar-refractivity contribution < 1.29 is 23.7 Å². The summed E-state index contributed by atoms with van der Waals surface area (Å²) in [5.74, 6) is 1.94. The zero-order chi connectivity index (χ0) is 19.8. The molecule has 8 heteroatoms. The van der Waals surface area contributed by atoms with Gasteiger partial charge in [-0.15, -0.1) is 0 Å². The molecule has 0 spiro atoms. The molecule has 0 atom stereocenters. The van der Waals surface area contributed by atoms with E-state index >= 15 is 0 Å². The molecule has 0 unspecified atom stereocenters. The lowest BCUT2D eigenvalue weighted by Crippen LogP contribution is -2.32. The number of ether oxygens (including phenoxy) is 4. The molecule has 2 rings (SSSR count). The Hall–Kier alpha value is -2.80. The molecule has 0 radical (unpaired) electrons. The van der Waals surface area contributed by atoms with Crippen molar-refractivity contribution >= 4 is 23.3 Å². The molecule has 0 saturated carbocycles. The summed E-state index contributed by atoms with van der Waals surface area (Å²) < 4.78 is 21.4. The molecule has 2 aromatic carbocycles. The quantitative estimate of drug-likeness (QED) is 0.664. The molecule has 2 aromatic rings. The van der Waals surface area contributed by atoms with Gasteiger partial charge in [-0.1, -0.05) is 17.7 Å². The van der Waals surface area contributed by atoms with Gasteiger partial charge in [-0.2, -0.15) is 0 Å². The largest absolute Gasteiger partial charge is 0.493 e. The highest BCUT2D eigenvalue weighted by Crippen LogP contribution is 2.39. The molecule has 0 aromatic heterocycles. The van der Waals surface area contributed by atoms with Gasteiger partial charge in [0.05, 0.1) is 38.6 Å². The number of carbonyl (C=O) groups is 1. The molecule has 2 N–H and O–H groups in total. The molecular formula is C19H23ClN2O5. The first-order valence-electron chi connectivity index (χ1n) is 8.22. The van der Waals surface area contributed by atoms with Crippen molar-refractivity contribution in [3.05, 3.63) is 40.9 Å². The van der Waals surface area contributed by atoms with Crippen LogP contribution in [0.25, 0.3) is 0 Å². The third kappa shape index (κ3) is 5.59. The van der Waals surface area contributed by atoms with E-state index < -0.39 is 0 Å². The van der Waals surface area contributed by atoms with Crippen LogP contribution in [0.1, 0.15) is 5.56 Å². The van der Waals surface area contributed by atoms with Crippen LogP contribution in [0, 0.1) is 6.92 Å². The predicted octanol–water partition coefficient (Wildman–Crippen LogP) is 3.87. The lowest BCUT2D eigenvalue weighted by molar-refractivity contribution is 0.247. The van der Waals surface area contributed by atoms with E-state index in [-0.39, 0.29) is 12.6 Å². The number of methoxy groups -OCH3 is 3. The van der Waals surface area contributed by atoms with Gasteiger partial charge in [-0.3, -0.25) is 0 Å². The first-order valence-corrected chi connectivity index (χ1v) is 8.60. The summed E-state index contributed by atoms with van der Waals surface area (Å²) in [5.41, 5.74) is 1.55. The van der Waals surface area contributed by atoms with Crippen LogP contribution in [0.4, 0.5) is 10.5 Å². The van der Waals surface area contributed by atoms with E-state index in [4.69, 9.17) is 30.5 Å². The van der Waals surface area contributed by atoms with Gasteiger partial charge in [0.2, 0.25) is 5.75 Å². The third-order valence-corrected chi connectivity index (χ3v) is 3.97. The second-order valence-electron chi connectivity index (χ2n) is 5.58. The molecule has 27 heavy (non-hydrogen) atoms. The zero-order valence-electron chi connectivity index (χ0n) is 15.7. The minimum absolute atomic E-state index is 0.284. The van der Waals surface area contributed by atoms with Crippen LogP contribution in [-0.4, -0.2) is 40.5 Å². The second-order valence-corrected chi connectivity index (χ2v) is 5.98. The molecule has 2 amide bonds. The summed E-state index contributed by atoms with van der Waals surface area (Å²) >= 11 is 6.07. The Bertz CT molecular complexity index is 773. The lowest BCUT2D eigenvalue weighted by atomic mass is 10.2. The number of halogens is 1. The minimum Gasteiger partial charge on any atom is -0.493 e. The van der Waals surface area contributed by atoms with Gasteiger partial charge in [-0.05, 0) is 24.6 Å². The Kier molecular flexibility index (Phi) is 7.43. The van der Waals surface area contributed by atoms with E-state index in [1.807, 2.05) is 19.1 Å². The number of hydrogen-bond acceptors (Lipinski definition) is 5. The van der Waals surface area contributed by atoms with E-state index in [1.54, 1.807) is 18.2 Å². The summed E-state index contributed by atoms with van der Waals surface area (Å²) in [6, 6.07) is 8.42. The maximum Gasteiger partial charge on any atom is 0.319 e. The molecule has 0 saturated heterocycles. The van der Waals surface area contributed by atoms with Crippen LogP contribution in [0.3, 0.4) is 0 Å². The van der Waals surface area contributed by atoms with Crippen LogP contribution in [-0.2, 0) is 0 Å². The summed E-state index contributed by atoms with van der Waals surface area (Å²) in [6.07, 6.45) is 0. The normalized spacial score (nSPS) is 10.1. The van der Waals surface area contributed by atoms with Crippen molar-refractivity contribution in [2.45, 2.75) is 6.92 Å². The Labute approximate surface area is 163 Å².